The van der Waals surface area contributed by atoms with Gasteiger partial charge in [0.25, 0.3) is 0 Å². The number of hydrogen-bond acceptors (Lipinski definition) is 1. The molecule has 0 aliphatic carbocycles. The van der Waals surface area contributed by atoms with Crippen LogP contribution in [0.2, 0.25) is 0 Å². The molecule has 0 N–H and O–H groups in total. The van der Waals surface area contributed by atoms with Crippen molar-refractivity contribution < 1.29 is 0 Å². The number of halogens is 1. The molecule has 1 nitrogen and oxygen atoms in total. The van der Waals surface area contributed by atoms with Crippen LogP contribution in [0.5, 0.6) is 0 Å². The van der Waals surface area contributed by atoms with Crippen LogP contribution in [0.25, 0.3) is 0 Å². The Morgan fingerprint density at radius 1 is 0.710 bits per heavy atom. The van der Waals surface area contributed by atoms with Crippen LogP contribution in [0.1, 0.15) is 24.0 Å². The fourth-order valence-electron chi connectivity index (χ4n) is 3.20. The normalized spacial score (nSPS) is 11.2. The zero-order valence-corrected chi connectivity index (χ0v) is 19.2. The van der Waals surface area contributed by atoms with Crippen molar-refractivity contribution in [2.75, 3.05) is 0 Å². The summed E-state index contributed by atoms with van der Waals surface area (Å²) in [4.78, 5) is 0. The van der Waals surface area contributed by atoms with Crippen LogP contribution < -0.4 is 15.9 Å². The summed E-state index contributed by atoms with van der Waals surface area (Å²) in [6.07, 6.45) is 0. The third-order valence-corrected chi connectivity index (χ3v) is 7.59. The Morgan fingerprint density at radius 3 is 1.55 bits per heavy atom. The number of alkyl halides is 1. The molecular formula is C28H25ClNP. The molecule has 0 radical (unpaired) electrons. The minimum atomic E-state index is -0.446. The summed E-state index contributed by atoms with van der Waals surface area (Å²) in [5, 5.41) is 12.9. The van der Waals surface area contributed by atoms with Gasteiger partial charge >= 0.3 is 0 Å². The van der Waals surface area contributed by atoms with Crippen LogP contribution >= 0.6 is 19.5 Å². The fourth-order valence-corrected chi connectivity index (χ4v) is 5.67. The second-order valence-electron chi connectivity index (χ2n) is 7.07. The average molecular weight is 442 g/mol. The highest BCUT2D eigenvalue weighted by Crippen LogP contribution is 2.32. The molecule has 0 amide bonds. The van der Waals surface area contributed by atoms with Gasteiger partial charge in [-0.25, -0.2) is 0 Å². The van der Waals surface area contributed by atoms with E-state index in [0.717, 1.165) is 11.1 Å². The monoisotopic (exact) mass is 441 g/mol. The first-order chi connectivity index (χ1) is 15.2. The molecule has 1 unspecified atom stereocenters. The Morgan fingerprint density at radius 2 is 1.16 bits per heavy atom. The highest BCUT2D eigenvalue weighted by molar-refractivity contribution is 7.79. The second-order valence-corrected chi connectivity index (χ2v) is 9.56. The third-order valence-electron chi connectivity index (χ3n) is 4.84. The van der Waals surface area contributed by atoms with Crippen molar-refractivity contribution in [1.29, 1.82) is 5.26 Å². The Hall–Kier alpha value is -2.91. The number of benzene rings is 4. The summed E-state index contributed by atoms with van der Waals surface area (Å²) in [5.74, 6) is 0.458. The molecule has 154 valence electrons. The van der Waals surface area contributed by atoms with Gasteiger partial charge in [-0.1, -0.05) is 115 Å². The van der Waals surface area contributed by atoms with Crippen molar-refractivity contribution in [2.45, 2.75) is 18.7 Å². The van der Waals surface area contributed by atoms with E-state index in [0.29, 0.717) is 5.88 Å². The van der Waals surface area contributed by atoms with E-state index in [1.807, 2.05) is 31.2 Å². The van der Waals surface area contributed by atoms with E-state index >= 15 is 0 Å². The van der Waals surface area contributed by atoms with E-state index in [4.69, 9.17) is 16.9 Å². The van der Waals surface area contributed by atoms with Crippen molar-refractivity contribution in [3.8, 4) is 6.07 Å². The predicted molar refractivity (Wildman–Crippen MR) is 135 cm³/mol. The molecule has 0 aliphatic heterocycles. The van der Waals surface area contributed by atoms with Crippen LogP contribution in [0.15, 0.2) is 115 Å². The van der Waals surface area contributed by atoms with Gasteiger partial charge in [0.2, 0.25) is 0 Å². The largest absolute Gasteiger partial charge is 0.198 e. The maximum absolute atomic E-state index is 8.67. The van der Waals surface area contributed by atoms with E-state index in [1.54, 1.807) is 0 Å². The lowest BCUT2D eigenvalue weighted by molar-refractivity contribution is 0.978. The molecule has 0 aromatic heterocycles. The van der Waals surface area contributed by atoms with Crippen LogP contribution in [-0.2, 0) is 5.88 Å². The summed E-state index contributed by atoms with van der Waals surface area (Å²) in [7, 11) is -0.446. The van der Waals surface area contributed by atoms with Crippen molar-refractivity contribution in [3.63, 3.8) is 0 Å². The van der Waals surface area contributed by atoms with E-state index in [2.05, 4.69) is 97.1 Å². The van der Waals surface area contributed by atoms with Gasteiger partial charge in [-0.2, -0.15) is 5.26 Å². The molecule has 31 heavy (non-hydrogen) atoms. The van der Waals surface area contributed by atoms with Crippen molar-refractivity contribution in [2.24, 2.45) is 0 Å². The van der Waals surface area contributed by atoms with E-state index < -0.39 is 7.92 Å². The zero-order chi connectivity index (χ0) is 21.9. The van der Waals surface area contributed by atoms with Gasteiger partial charge < -0.3 is 0 Å². The lowest BCUT2D eigenvalue weighted by atomic mass is 10.0. The van der Waals surface area contributed by atoms with Crippen molar-refractivity contribution >= 4 is 35.4 Å². The van der Waals surface area contributed by atoms with E-state index in [1.165, 1.54) is 15.9 Å². The molecular weight excluding hydrogens is 417 g/mol. The van der Waals surface area contributed by atoms with Crippen molar-refractivity contribution in [1.82, 2.24) is 0 Å². The molecule has 0 heterocycles. The van der Waals surface area contributed by atoms with Crippen LogP contribution in [0.4, 0.5) is 0 Å². The maximum Gasteiger partial charge on any atom is 0.0700 e. The highest BCUT2D eigenvalue weighted by Gasteiger charge is 2.15. The number of nitriles is 1. The molecule has 3 heteroatoms. The molecule has 0 fully saturated rings. The molecule has 0 saturated carbocycles. The Kier molecular flexibility index (Phi) is 8.86. The Balaban J connectivity index is 0.000000196. The quantitative estimate of drug-likeness (QED) is 0.256. The molecule has 0 saturated heterocycles. The third kappa shape index (κ3) is 6.53. The van der Waals surface area contributed by atoms with Crippen LogP contribution in [0.3, 0.4) is 0 Å². The molecule has 0 bridgehead atoms. The predicted octanol–water partition coefficient (Wildman–Crippen LogP) is 6.50. The van der Waals surface area contributed by atoms with Gasteiger partial charge in [0.1, 0.15) is 0 Å². The Bertz CT molecular complexity index is 998. The minimum absolute atomic E-state index is 0.0480. The van der Waals surface area contributed by atoms with Gasteiger partial charge in [-0.15, -0.1) is 11.6 Å². The number of rotatable bonds is 5. The minimum Gasteiger partial charge on any atom is -0.198 e. The topological polar surface area (TPSA) is 23.8 Å². The molecule has 0 aliphatic rings. The molecule has 4 rings (SSSR count). The van der Waals surface area contributed by atoms with Crippen LogP contribution in [0, 0.1) is 11.3 Å². The lowest BCUT2D eigenvalue weighted by Gasteiger charge is -2.18. The fraction of sp³-hybridized carbons (Fsp3) is 0.107. The van der Waals surface area contributed by atoms with Gasteiger partial charge in [0.15, 0.2) is 0 Å². The smallest absolute Gasteiger partial charge is 0.0700 e. The summed E-state index contributed by atoms with van der Waals surface area (Å²) in [6, 6.07) is 42.3. The average Bonchev–Trinajstić information content (AvgIpc) is 2.86. The summed E-state index contributed by atoms with van der Waals surface area (Å²) < 4.78 is 0. The standard InChI is InChI=1S/C18H15P.C10H10ClN/c1-4-10-16(11-5-1)19(17-12-6-2-7-13-17)18-14-8-3-9-15-18;1-8(7-12)10-4-2-3-9(5-10)6-11/h1-15H;2-5,8H,6H2,1H3. The zero-order valence-electron chi connectivity index (χ0n) is 17.5. The molecule has 0 spiro atoms. The molecule has 4 aromatic rings. The number of hydrogen-bond donors (Lipinski definition) is 0. The van der Waals surface area contributed by atoms with Gasteiger partial charge in [-0.05, 0) is 41.9 Å². The summed E-state index contributed by atoms with van der Waals surface area (Å²) >= 11 is 5.66. The highest BCUT2D eigenvalue weighted by atomic mass is 35.5. The van der Waals surface area contributed by atoms with Gasteiger partial charge in [0.05, 0.1) is 12.0 Å². The van der Waals surface area contributed by atoms with E-state index in [9.17, 15) is 0 Å². The van der Waals surface area contributed by atoms with Gasteiger partial charge in [-0.3, -0.25) is 0 Å². The first kappa shape index (κ1) is 22.8. The van der Waals surface area contributed by atoms with Crippen molar-refractivity contribution in [3.05, 3.63) is 126 Å². The SMILES string of the molecule is CC(C#N)c1cccc(CCl)c1.c1ccc(P(c2ccccc2)c2ccccc2)cc1. The lowest BCUT2D eigenvalue weighted by Crippen LogP contribution is -2.20. The second kappa shape index (κ2) is 12.1. The molecule has 4 aromatic carbocycles. The first-order valence-electron chi connectivity index (χ1n) is 10.2. The van der Waals surface area contributed by atoms with E-state index in [-0.39, 0.29) is 5.92 Å². The number of nitrogens with zero attached hydrogens (tertiary/aromatic N) is 1. The van der Waals surface area contributed by atoms with Crippen LogP contribution in [-0.4, -0.2) is 0 Å². The maximum atomic E-state index is 8.67. The Labute approximate surface area is 191 Å². The first-order valence-corrected chi connectivity index (χ1v) is 12.1. The van der Waals surface area contributed by atoms with Gasteiger partial charge in [0, 0.05) is 5.88 Å². The summed E-state index contributed by atoms with van der Waals surface area (Å²) in [6.45, 7) is 1.88. The molecule has 1 atom stereocenters. The summed E-state index contributed by atoms with van der Waals surface area (Å²) in [5.41, 5.74) is 2.10.